The fraction of sp³-hybridized carbons (Fsp3) is 0.667. The van der Waals surface area contributed by atoms with Gasteiger partial charge in [-0.3, -0.25) is 24.0 Å². The number of nitrogens with two attached hydrogens (primary N) is 1. The zero-order valence-corrected chi connectivity index (χ0v) is 17.9. The molecule has 5 unspecified atom stereocenters. The molecule has 0 aliphatic heterocycles. The Balaban J connectivity index is 5.54. The number of carboxylic acids is 3. The first kappa shape index (κ1) is 28.7. The van der Waals surface area contributed by atoms with Crippen LogP contribution in [0.25, 0.3) is 0 Å². The van der Waals surface area contributed by atoms with E-state index in [0.29, 0.717) is 0 Å². The molecule has 0 aromatic carbocycles. The van der Waals surface area contributed by atoms with E-state index < -0.39 is 91.1 Å². The highest BCUT2D eigenvalue weighted by atomic mass is 16.4. The van der Waals surface area contributed by atoms with E-state index in [1.807, 2.05) is 5.32 Å². The van der Waals surface area contributed by atoms with Crippen LogP contribution in [0.3, 0.4) is 0 Å². The van der Waals surface area contributed by atoms with Crippen LogP contribution in [0, 0.1) is 5.92 Å². The molecule has 0 fully saturated rings. The first-order valence-electron chi connectivity index (χ1n) is 9.68. The number of aliphatic hydroxyl groups excluding tert-OH is 1. The SMILES string of the molecule is CC(C)C(NC(=O)C(N)C(C)O)C(=O)NC(CCC(=O)O)C(=O)NC(CC(=O)O)C(=O)O. The molecule has 0 saturated carbocycles. The van der Waals surface area contributed by atoms with Gasteiger partial charge < -0.3 is 42.1 Å². The third-order valence-electron chi connectivity index (χ3n) is 4.34. The molecule has 0 aliphatic carbocycles. The zero-order valence-electron chi connectivity index (χ0n) is 17.9. The maximum atomic E-state index is 12.7. The van der Waals surface area contributed by atoms with Crippen molar-refractivity contribution in [2.45, 2.75) is 70.3 Å². The number of hydrogen-bond acceptors (Lipinski definition) is 8. The van der Waals surface area contributed by atoms with Crippen LogP contribution in [-0.2, 0) is 28.8 Å². The van der Waals surface area contributed by atoms with E-state index in [1.165, 1.54) is 6.92 Å². The molecule has 0 bridgehead atoms. The van der Waals surface area contributed by atoms with Crippen molar-refractivity contribution in [2.75, 3.05) is 0 Å². The topological polar surface area (TPSA) is 245 Å². The molecule has 14 nitrogen and oxygen atoms in total. The van der Waals surface area contributed by atoms with E-state index in [-0.39, 0.29) is 0 Å². The van der Waals surface area contributed by atoms with E-state index in [1.54, 1.807) is 13.8 Å². The van der Waals surface area contributed by atoms with Crippen molar-refractivity contribution in [1.82, 2.24) is 16.0 Å². The van der Waals surface area contributed by atoms with Gasteiger partial charge in [-0.15, -0.1) is 0 Å². The lowest BCUT2D eigenvalue weighted by atomic mass is 10.0. The Hall–Kier alpha value is -3.26. The number of aliphatic hydroxyl groups is 1. The highest BCUT2D eigenvalue weighted by molar-refractivity contribution is 5.95. The summed E-state index contributed by atoms with van der Waals surface area (Å²) < 4.78 is 0. The van der Waals surface area contributed by atoms with Crippen molar-refractivity contribution in [2.24, 2.45) is 11.7 Å². The first-order chi connectivity index (χ1) is 14.7. The molecular weight excluding hydrogens is 432 g/mol. The Kier molecular flexibility index (Phi) is 11.9. The van der Waals surface area contributed by atoms with E-state index in [2.05, 4.69) is 10.6 Å². The van der Waals surface area contributed by atoms with E-state index in [4.69, 9.17) is 21.1 Å². The minimum absolute atomic E-state index is 0.432. The van der Waals surface area contributed by atoms with Gasteiger partial charge in [0, 0.05) is 6.42 Å². The first-order valence-corrected chi connectivity index (χ1v) is 9.68. The van der Waals surface area contributed by atoms with Crippen molar-refractivity contribution in [1.29, 1.82) is 0 Å². The van der Waals surface area contributed by atoms with Crippen LogP contribution in [0.4, 0.5) is 0 Å². The van der Waals surface area contributed by atoms with Gasteiger partial charge in [0.05, 0.1) is 12.5 Å². The van der Waals surface area contributed by atoms with E-state index >= 15 is 0 Å². The van der Waals surface area contributed by atoms with Crippen molar-refractivity contribution in [3.63, 3.8) is 0 Å². The van der Waals surface area contributed by atoms with Gasteiger partial charge in [-0.2, -0.15) is 0 Å². The van der Waals surface area contributed by atoms with Crippen LogP contribution in [0.2, 0.25) is 0 Å². The van der Waals surface area contributed by atoms with Gasteiger partial charge in [-0.1, -0.05) is 13.8 Å². The fourth-order valence-electron chi connectivity index (χ4n) is 2.45. The second-order valence-corrected chi connectivity index (χ2v) is 7.49. The van der Waals surface area contributed by atoms with Crippen molar-refractivity contribution < 1.29 is 49.2 Å². The summed E-state index contributed by atoms with van der Waals surface area (Å²) in [6.07, 6.45) is -3.15. The average molecular weight is 462 g/mol. The van der Waals surface area contributed by atoms with Gasteiger partial charge >= 0.3 is 17.9 Å². The van der Waals surface area contributed by atoms with Crippen LogP contribution in [0.1, 0.15) is 40.0 Å². The molecule has 3 amide bonds. The minimum atomic E-state index is -1.81. The molecule has 0 aromatic heterocycles. The molecule has 0 radical (unpaired) electrons. The van der Waals surface area contributed by atoms with Gasteiger partial charge in [0.15, 0.2) is 0 Å². The second-order valence-electron chi connectivity index (χ2n) is 7.49. The van der Waals surface area contributed by atoms with Gasteiger partial charge in [0.2, 0.25) is 17.7 Å². The lowest BCUT2D eigenvalue weighted by Crippen LogP contribution is -2.59. The Morgan fingerprint density at radius 1 is 0.781 bits per heavy atom. The number of rotatable bonds is 14. The lowest BCUT2D eigenvalue weighted by molar-refractivity contribution is -0.147. The van der Waals surface area contributed by atoms with E-state index in [9.17, 15) is 33.9 Å². The summed E-state index contributed by atoms with van der Waals surface area (Å²) in [6, 6.07) is -5.89. The number of carboxylic acid groups (broad SMARTS) is 3. The quantitative estimate of drug-likeness (QED) is 0.131. The number of aliphatic carboxylic acids is 3. The molecule has 0 spiro atoms. The molecular formula is C18H30N4O10. The Labute approximate surface area is 183 Å². The largest absolute Gasteiger partial charge is 0.481 e. The predicted octanol–water partition coefficient (Wildman–Crippen LogP) is -2.77. The Morgan fingerprint density at radius 2 is 1.31 bits per heavy atom. The third-order valence-corrected chi connectivity index (χ3v) is 4.34. The molecule has 0 aromatic rings. The van der Waals surface area contributed by atoms with Crippen LogP contribution >= 0.6 is 0 Å². The number of nitrogens with one attached hydrogen (secondary N) is 3. The number of carbonyl (C=O) groups is 6. The second kappa shape index (κ2) is 13.2. The summed E-state index contributed by atoms with van der Waals surface area (Å²) >= 11 is 0. The molecule has 9 N–H and O–H groups in total. The lowest BCUT2D eigenvalue weighted by Gasteiger charge is -2.27. The normalized spacial score (nSPS) is 15.6. The summed E-state index contributed by atoms with van der Waals surface area (Å²) in [5.74, 6) is -7.78. The minimum Gasteiger partial charge on any atom is -0.481 e. The summed E-state index contributed by atoms with van der Waals surface area (Å²) in [5.41, 5.74) is 5.54. The average Bonchev–Trinajstić information content (AvgIpc) is 2.66. The zero-order chi connectivity index (χ0) is 25.2. The Morgan fingerprint density at radius 3 is 1.72 bits per heavy atom. The molecule has 0 aliphatic rings. The molecule has 0 saturated heterocycles. The smallest absolute Gasteiger partial charge is 0.326 e. The highest BCUT2D eigenvalue weighted by Gasteiger charge is 2.33. The van der Waals surface area contributed by atoms with Gasteiger partial charge in [0.1, 0.15) is 24.2 Å². The maximum Gasteiger partial charge on any atom is 0.326 e. The number of hydrogen-bond donors (Lipinski definition) is 8. The van der Waals surface area contributed by atoms with Crippen molar-refractivity contribution >= 4 is 35.6 Å². The molecule has 5 atom stereocenters. The molecule has 14 heteroatoms. The summed E-state index contributed by atoms with van der Waals surface area (Å²) in [7, 11) is 0. The number of amides is 3. The molecule has 32 heavy (non-hydrogen) atoms. The van der Waals surface area contributed by atoms with E-state index in [0.717, 1.165) is 0 Å². The Bertz CT molecular complexity index is 725. The summed E-state index contributed by atoms with van der Waals surface area (Å²) in [5, 5.41) is 42.7. The van der Waals surface area contributed by atoms with Crippen molar-refractivity contribution in [3.05, 3.63) is 0 Å². The summed E-state index contributed by atoms with van der Waals surface area (Å²) in [6.45, 7) is 4.41. The summed E-state index contributed by atoms with van der Waals surface area (Å²) in [4.78, 5) is 70.2. The molecule has 0 rings (SSSR count). The molecule has 182 valence electrons. The van der Waals surface area contributed by atoms with Crippen LogP contribution in [0.15, 0.2) is 0 Å². The van der Waals surface area contributed by atoms with Crippen LogP contribution < -0.4 is 21.7 Å². The standard InChI is InChI=1S/C18H30N4O10/c1-7(2)14(22-16(29)13(19)8(3)23)17(30)20-9(4-5-11(24)25)15(28)21-10(18(31)32)6-12(26)27/h7-10,13-14,23H,4-6,19H2,1-3H3,(H,20,30)(H,21,28)(H,22,29)(H,24,25)(H,26,27)(H,31,32). The highest BCUT2D eigenvalue weighted by Crippen LogP contribution is 2.07. The fourth-order valence-corrected chi connectivity index (χ4v) is 2.45. The third kappa shape index (κ3) is 10.2. The molecule has 0 heterocycles. The van der Waals surface area contributed by atoms with Crippen LogP contribution in [-0.4, -0.2) is 86.3 Å². The predicted molar refractivity (Wildman–Crippen MR) is 107 cm³/mol. The van der Waals surface area contributed by atoms with Gasteiger partial charge in [0.25, 0.3) is 0 Å². The van der Waals surface area contributed by atoms with Gasteiger partial charge in [-0.25, -0.2) is 4.79 Å². The van der Waals surface area contributed by atoms with Crippen molar-refractivity contribution in [3.8, 4) is 0 Å². The van der Waals surface area contributed by atoms with Crippen LogP contribution in [0.5, 0.6) is 0 Å². The van der Waals surface area contributed by atoms with Gasteiger partial charge in [-0.05, 0) is 19.3 Å². The number of carbonyl (C=O) groups excluding carboxylic acids is 3. The maximum absolute atomic E-state index is 12.7. The monoisotopic (exact) mass is 462 g/mol.